The van der Waals surface area contributed by atoms with E-state index in [1.54, 1.807) is 9.80 Å². The zero-order chi connectivity index (χ0) is 17.9. The number of amides is 2. The van der Waals surface area contributed by atoms with Gasteiger partial charge in [0.15, 0.2) is 0 Å². The molecule has 26 heavy (non-hydrogen) atoms. The number of hydrogen-bond acceptors (Lipinski definition) is 4. The molecule has 132 valence electrons. The number of benzene rings is 2. The second kappa shape index (κ2) is 7.00. The van der Waals surface area contributed by atoms with E-state index in [0.717, 1.165) is 22.6 Å². The molecule has 0 unspecified atom stereocenters. The Hall–Kier alpha value is -3.15. The van der Waals surface area contributed by atoms with E-state index in [-0.39, 0.29) is 18.4 Å². The van der Waals surface area contributed by atoms with Crippen LogP contribution in [0.1, 0.15) is 12.0 Å². The zero-order valence-electron chi connectivity index (χ0n) is 14.3. The van der Waals surface area contributed by atoms with Crippen molar-refractivity contribution >= 4 is 29.1 Å². The second-order valence-corrected chi connectivity index (χ2v) is 6.24. The van der Waals surface area contributed by atoms with Crippen LogP contribution in [0.2, 0.25) is 0 Å². The summed E-state index contributed by atoms with van der Waals surface area (Å²) in [4.78, 5) is 32.7. The van der Waals surface area contributed by atoms with Gasteiger partial charge in [-0.3, -0.25) is 9.79 Å². The number of aliphatic imine (C=N–C) groups is 1. The number of ether oxygens (including phenoxy) is 1. The van der Waals surface area contributed by atoms with E-state index in [2.05, 4.69) is 0 Å². The van der Waals surface area contributed by atoms with Gasteiger partial charge in [0.05, 0.1) is 30.1 Å². The minimum atomic E-state index is -0.318. The van der Waals surface area contributed by atoms with Crippen LogP contribution in [-0.2, 0) is 9.53 Å². The lowest BCUT2D eigenvalue weighted by atomic mass is 10.1. The van der Waals surface area contributed by atoms with Crippen molar-refractivity contribution in [2.45, 2.75) is 6.42 Å². The second-order valence-electron chi connectivity index (χ2n) is 6.24. The van der Waals surface area contributed by atoms with Gasteiger partial charge in [-0.15, -0.1) is 0 Å². The lowest BCUT2D eigenvalue weighted by Crippen LogP contribution is -2.39. The molecular weight excluding hydrogens is 330 g/mol. The molecule has 0 atom stereocenters. The summed E-state index contributed by atoms with van der Waals surface area (Å²) in [6.45, 7) is 1.83. The maximum atomic E-state index is 13.0. The highest BCUT2D eigenvalue weighted by Gasteiger charge is 2.27. The van der Waals surface area contributed by atoms with Crippen LogP contribution in [0, 0.1) is 0 Å². The minimum absolute atomic E-state index is 0.0230. The van der Waals surface area contributed by atoms with Crippen molar-refractivity contribution in [3.8, 4) is 0 Å². The lowest BCUT2D eigenvalue weighted by molar-refractivity contribution is -0.117. The number of fused-ring (bicyclic) bond motifs is 1. The van der Waals surface area contributed by atoms with Crippen molar-refractivity contribution in [3.05, 3.63) is 60.2 Å². The third-order valence-electron chi connectivity index (χ3n) is 4.59. The number of carbonyl (C=O) groups excluding carboxylic acids is 2. The van der Waals surface area contributed by atoms with Crippen molar-refractivity contribution < 1.29 is 14.3 Å². The summed E-state index contributed by atoms with van der Waals surface area (Å²) in [5, 5.41) is 0. The number of rotatable bonds is 4. The van der Waals surface area contributed by atoms with E-state index in [4.69, 9.17) is 9.73 Å². The number of carbonyl (C=O) groups is 2. The van der Waals surface area contributed by atoms with Crippen molar-refractivity contribution in [1.29, 1.82) is 0 Å². The number of anilines is 1. The lowest BCUT2D eigenvalue weighted by Gasteiger charge is -2.24. The Morgan fingerprint density at radius 3 is 2.50 bits per heavy atom. The van der Waals surface area contributed by atoms with Crippen molar-refractivity contribution in [3.63, 3.8) is 0 Å². The Morgan fingerprint density at radius 2 is 1.73 bits per heavy atom. The quantitative estimate of drug-likeness (QED) is 0.852. The van der Waals surface area contributed by atoms with Gasteiger partial charge < -0.3 is 14.5 Å². The van der Waals surface area contributed by atoms with Gasteiger partial charge in [0.25, 0.3) is 0 Å². The molecule has 1 saturated heterocycles. The van der Waals surface area contributed by atoms with E-state index < -0.39 is 0 Å². The van der Waals surface area contributed by atoms with Gasteiger partial charge in [-0.05, 0) is 17.7 Å². The first kappa shape index (κ1) is 16.3. The van der Waals surface area contributed by atoms with Crippen LogP contribution in [0.15, 0.2) is 59.6 Å². The van der Waals surface area contributed by atoms with Crippen LogP contribution in [0.25, 0.3) is 0 Å². The van der Waals surface area contributed by atoms with Crippen LogP contribution in [0.4, 0.5) is 16.2 Å². The van der Waals surface area contributed by atoms with Gasteiger partial charge >= 0.3 is 6.09 Å². The van der Waals surface area contributed by atoms with Crippen molar-refractivity contribution in [1.82, 2.24) is 4.90 Å². The molecule has 0 bridgehead atoms. The van der Waals surface area contributed by atoms with Gasteiger partial charge in [0, 0.05) is 13.1 Å². The van der Waals surface area contributed by atoms with Crippen molar-refractivity contribution in [2.24, 2.45) is 4.99 Å². The molecule has 0 aliphatic carbocycles. The zero-order valence-corrected chi connectivity index (χ0v) is 14.3. The van der Waals surface area contributed by atoms with E-state index >= 15 is 0 Å². The Labute approximate surface area is 151 Å². The summed E-state index contributed by atoms with van der Waals surface area (Å²) in [7, 11) is 0. The Kier molecular flexibility index (Phi) is 4.39. The summed E-state index contributed by atoms with van der Waals surface area (Å²) >= 11 is 0. The first-order valence-electron chi connectivity index (χ1n) is 8.66. The number of cyclic esters (lactones) is 1. The summed E-state index contributed by atoms with van der Waals surface area (Å²) < 4.78 is 4.96. The van der Waals surface area contributed by atoms with Gasteiger partial charge in [-0.2, -0.15) is 0 Å². The van der Waals surface area contributed by atoms with E-state index in [0.29, 0.717) is 26.2 Å². The molecule has 2 aliphatic rings. The van der Waals surface area contributed by atoms with Gasteiger partial charge in [-0.1, -0.05) is 42.5 Å². The predicted molar refractivity (Wildman–Crippen MR) is 99.0 cm³/mol. The minimum Gasteiger partial charge on any atom is -0.448 e. The number of hydrogen-bond donors (Lipinski definition) is 0. The van der Waals surface area contributed by atoms with Crippen LogP contribution in [0.5, 0.6) is 0 Å². The SMILES string of the molecule is O=C1OCCN1CCN1C(=O)CC(c2ccccc2)=Nc2ccccc21. The molecular formula is C20H19N3O3. The third kappa shape index (κ3) is 3.18. The largest absolute Gasteiger partial charge is 0.448 e. The molecule has 0 radical (unpaired) electrons. The van der Waals surface area contributed by atoms with E-state index in [9.17, 15) is 9.59 Å². The Morgan fingerprint density at radius 1 is 0.962 bits per heavy atom. The molecule has 6 heteroatoms. The smallest absolute Gasteiger partial charge is 0.410 e. The molecule has 6 nitrogen and oxygen atoms in total. The van der Waals surface area contributed by atoms with Crippen LogP contribution < -0.4 is 4.90 Å². The summed E-state index contributed by atoms with van der Waals surface area (Å²) in [5.74, 6) is -0.0230. The number of nitrogens with zero attached hydrogens (tertiary/aromatic N) is 3. The van der Waals surface area contributed by atoms with Crippen LogP contribution in [0.3, 0.4) is 0 Å². The molecule has 2 aromatic rings. The molecule has 2 heterocycles. The molecule has 1 fully saturated rings. The first-order valence-corrected chi connectivity index (χ1v) is 8.66. The number of para-hydroxylation sites is 2. The van der Waals surface area contributed by atoms with E-state index in [1.807, 2.05) is 54.6 Å². The third-order valence-corrected chi connectivity index (χ3v) is 4.59. The molecule has 0 saturated carbocycles. The van der Waals surface area contributed by atoms with E-state index in [1.165, 1.54) is 0 Å². The molecule has 2 aromatic carbocycles. The summed E-state index contributed by atoms with van der Waals surface area (Å²) in [6.07, 6.45) is -0.0925. The topological polar surface area (TPSA) is 62.2 Å². The Bertz CT molecular complexity index is 864. The van der Waals surface area contributed by atoms with Gasteiger partial charge in [-0.25, -0.2) is 4.79 Å². The summed E-state index contributed by atoms with van der Waals surface area (Å²) in [5.41, 5.74) is 3.24. The molecule has 0 N–H and O–H groups in total. The molecule has 0 spiro atoms. The predicted octanol–water partition coefficient (Wildman–Crippen LogP) is 3.00. The molecule has 2 aliphatic heterocycles. The van der Waals surface area contributed by atoms with Gasteiger partial charge in [0.1, 0.15) is 6.61 Å². The molecule has 0 aromatic heterocycles. The van der Waals surface area contributed by atoms with Gasteiger partial charge in [0.2, 0.25) is 5.91 Å². The maximum Gasteiger partial charge on any atom is 0.410 e. The average molecular weight is 349 g/mol. The molecule has 4 rings (SSSR count). The fraction of sp³-hybridized carbons (Fsp3) is 0.250. The highest BCUT2D eigenvalue weighted by Crippen LogP contribution is 2.32. The average Bonchev–Trinajstić information content (AvgIpc) is 3.01. The highest BCUT2D eigenvalue weighted by molar-refractivity contribution is 6.17. The first-order chi connectivity index (χ1) is 12.7. The van der Waals surface area contributed by atoms with Crippen molar-refractivity contribution in [2.75, 3.05) is 31.1 Å². The normalized spacial score (nSPS) is 16.8. The molecule has 2 amide bonds. The maximum absolute atomic E-state index is 13.0. The fourth-order valence-electron chi connectivity index (χ4n) is 3.24. The monoisotopic (exact) mass is 349 g/mol. The summed E-state index contributed by atoms with van der Waals surface area (Å²) in [6, 6.07) is 17.4. The van der Waals surface area contributed by atoms with Crippen LogP contribution in [-0.4, -0.2) is 48.9 Å². The fourth-order valence-corrected chi connectivity index (χ4v) is 3.24. The van der Waals surface area contributed by atoms with Crippen LogP contribution >= 0.6 is 0 Å². The highest BCUT2D eigenvalue weighted by atomic mass is 16.6. The Balaban J connectivity index is 1.62. The standard InChI is InChI=1S/C20H19N3O3/c24-19-14-17(15-6-2-1-3-7-15)21-16-8-4-5-9-18(16)23(19)11-10-22-12-13-26-20(22)25/h1-9H,10-14H2.